The van der Waals surface area contributed by atoms with Gasteiger partial charge in [-0.25, -0.2) is 5.84 Å². The number of nitrogens with zero attached hydrogens (tertiary/aromatic N) is 1. The molecule has 1 fully saturated rings. The lowest BCUT2D eigenvalue weighted by Gasteiger charge is -2.15. The summed E-state index contributed by atoms with van der Waals surface area (Å²) in [5.74, 6) is 5.25. The molecular formula is C8H16N4OS. The zero-order valence-electron chi connectivity index (χ0n) is 8.08. The number of hydrogen-bond acceptors (Lipinski definition) is 3. The van der Waals surface area contributed by atoms with Crippen LogP contribution in [0.15, 0.2) is 0 Å². The van der Waals surface area contributed by atoms with Crippen LogP contribution in [0.3, 0.4) is 0 Å². The molecule has 5 nitrogen and oxygen atoms in total. The van der Waals surface area contributed by atoms with Gasteiger partial charge >= 0.3 is 0 Å². The second-order valence-electron chi connectivity index (χ2n) is 3.24. The molecule has 0 aromatic heterocycles. The minimum Gasteiger partial charge on any atom is -0.361 e. The molecule has 0 atom stereocenters. The summed E-state index contributed by atoms with van der Waals surface area (Å²) in [7, 11) is 0. The molecule has 0 saturated carbocycles. The SMILES string of the molecule is NNC(=S)NCCC(=O)N1CCCC1. The maximum atomic E-state index is 11.5. The van der Waals surface area contributed by atoms with E-state index in [2.05, 4.69) is 10.7 Å². The molecule has 1 rings (SSSR count). The van der Waals surface area contributed by atoms with Gasteiger partial charge in [0.1, 0.15) is 0 Å². The van der Waals surface area contributed by atoms with Crippen LogP contribution in [-0.2, 0) is 4.79 Å². The van der Waals surface area contributed by atoms with Crippen molar-refractivity contribution < 1.29 is 4.79 Å². The number of carbonyl (C=O) groups is 1. The normalized spacial score (nSPS) is 15.4. The molecule has 6 heteroatoms. The van der Waals surface area contributed by atoms with Crippen LogP contribution in [0.5, 0.6) is 0 Å². The molecule has 0 bridgehead atoms. The highest BCUT2D eigenvalue weighted by molar-refractivity contribution is 7.80. The standard InChI is InChI=1S/C8H16N4OS/c9-11-8(14)10-4-3-7(13)12-5-1-2-6-12/h1-6,9H2,(H2,10,11,14). The molecule has 0 unspecified atom stereocenters. The van der Waals surface area contributed by atoms with Gasteiger partial charge in [0.15, 0.2) is 5.11 Å². The summed E-state index contributed by atoms with van der Waals surface area (Å²) in [6, 6.07) is 0. The summed E-state index contributed by atoms with van der Waals surface area (Å²) in [5.41, 5.74) is 2.30. The number of rotatable bonds is 3. The molecule has 1 saturated heterocycles. The van der Waals surface area contributed by atoms with E-state index >= 15 is 0 Å². The Balaban J connectivity index is 2.11. The molecule has 80 valence electrons. The third-order valence-corrected chi connectivity index (χ3v) is 2.48. The third-order valence-electron chi connectivity index (χ3n) is 2.21. The van der Waals surface area contributed by atoms with Gasteiger partial charge in [-0.1, -0.05) is 0 Å². The van der Waals surface area contributed by atoms with Gasteiger partial charge < -0.3 is 15.6 Å². The average Bonchev–Trinajstić information content (AvgIpc) is 2.70. The van der Waals surface area contributed by atoms with Crippen LogP contribution in [-0.4, -0.2) is 35.6 Å². The van der Waals surface area contributed by atoms with Crippen LogP contribution in [0.2, 0.25) is 0 Å². The van der Waals surface area contributed by atoms with Gasteiger partial charge in [0.2, 0.25) is 5.91 Å². The van der Waals surface area contributed by atoms with Crippen molar-refractivity contribution in [1.29, 1.82) is 0 Å². The highest BCUT2D eigenvalue weighted by Gasteiger charge is 2.16. The minimum absolute atomic E-state index is 0.190. The minimum atomic E-state index is 0.190. The number of amides is 1. The maximum absolute atomic E-state index is 11.5. The summed E-state index contributed by atoms with van der Waals surface area (Å²) < 4.78 is 0. The first-order valence-corrected chi connectivity index (χ1v) is 5.17. The average molecular weight is 216 g/mol. The van der Waals surface area contributed by atoms with Crippen LogP contribution in [0.4, 0.5) is 0 Å². The summed E-state index contributed by atoms with van der Waals surface area (Å²) in [6.07, 6.45) is 2.73. The Morgan fingerprint density at radius 2 is 2.07 bits per heavy atom. The zero-order chi connectivity index (χ0) is 10.4. The molecule has 0 aromatic rings. The molecule has 0 radical (unpaired) electrons. The van der Waals surface area contributed by atoms with Crippen molar-refractivity contribution in [2.24, 2.45) is 5.84 Å². The lowest BCUT2D eigenvalue weighted by molar-refractivity contribution is -0.129. The fourth-order valence-electron chi connectivity index (χ4n) is 1.46. The summed E-state index contributed by atoms with van der Waals surface area (Å²) in [4.78, 5) is 13.4. The molecule has 1 heterocycles. The van der Waals surface area contributed by atoms with Crippen LogP contribution < -0.4 is 16.6 Å². The van der Waals surface area contributed by atoms with E-state index in [1.807, 2.05) is 4.90 Å². The second-order valence-corrected chi connectivity index (χ2v) is 3.65. The van der Waals surface area contributed by atoms with E-state index in [-0.39, 0.29) is 5.91 Å². The van der Waals surface area contributed by atoms with Gasteiger partial charge in [0, 0.05) is 26.1 Å². The van der Waals surface area contributed by atoms with Crippen molar-refractivity contribution in [3.8, 4) is 0 Å². The Bertz CT molecular complexity index is 215. The molecule has 1 aliphatic rings. The van der Waals surface area contributed by atoms with Gasteiger partial charge in [-0.15, -0.1) is 0 Å². The van der Waals surface area contributed by atoms with Crippen molar-refractivity contribution in [1.82, 2.24) is 15.6 Å². The summed E-state index contributed by atoms with van der Waals surface area (Å²) in [5, 5.41) is 3.21. The number of nitrogens with two attached hydrogens (primary N) is 1. The van der Waals surface area contributed by atoms with Gasteiger partial charge in [-0.2, -0.15) is 0 Å². The molecule has 0 aromatic carbocycles. The molecule has 14 heavy (non-hydrogen) atoms. The Morgan fingerprint density at radius 1 is 1.43 bits per heavy atom. The quantitative estimate of drug-likeness (QED) is 0.332. The fourth-order valence-corrected chi connectivity index (χ4v) is 1.56. The highest BCUT2D eigenvalue weighted by atomic mass is 32.1. The Labute approximate surface area is 89.0 Å². The molecule has 0 aliphatic carbocycles. The number of thiocarbonyl (C=S) groups is 1. The van der Waals surface area contributed by atoms with Crippen LogP contribution >= 0.6 is 12.2 Å². The van der Waals surface area contributed by atoms with E-state index in [1.54, 1.807) is 0 Å². The summed E-state index contributed by atoms with van der Waals surface area (Å²) in [6.45, 7) is 2.34. The number of hydrazine groups is 1. The molecule has 1 aliphatic heterocycles. The lowest BCUT2D eigenvalue weighted by atomic mass is 10.3. The van der Waals surface area contributed by atoms with E-state index in [1.165, 1.54) is 0 Å². The van der Waals surface area contributed by atoms with E-state index in [9.17, 15) is 4.79 Å². The van der Waals surface area contributed by atoms with Crippen molar-refractivity contribution in [3.63, 3.8) is 0 Å². The molecule has 1 amide bonds. The topological polar surface area (TPSA) is 70.4 Å². The van der Waals surface area contributed by atoms with Crippen molar-refractivity contribution >= 4 is 23.2 Å². The Morgan fingerprint density at radius 3 is 2.64 bits per heavy atom. The van der Waals surface area contributed by atoms with Gasteiger partial charge in [-0.05, 0) is 25.1 Å². The van der Waals surface area contributed by atoms with E-state index in [0.29, 0.717) is 18.1 Å². The van der Waals surface area contributed by atoms with Crippen molar-refractivity contribution in [3.05, 3.63) is 0 Å². The van der Waals surface area contributed by atoms with Gasteiger partial charge in [-0.3, -0.25) is 4.79 Å². The number of nitrogens with one attached hydrogen (secondary N) is 2. The fraction of sp³-hybridized carbons (Fsp3) is 0.750. The predicted octanol–water partition coefficient (Wildman–Crippen LogP) is -0.663. The second kappa shape index (κ2) is 5.77. The molecule has 0 spiro atoms. The van der Waals surface area contributed by atoms with Crippen LogP contribution in [0.1, 0.15) is 19.3 Å². The van der Waals surface area contributed by atoms with E-state index in [0.717, 1.165) is 25.9 Å². The van der Waals surface area contributed by atoms with E-state index in [4.69, 9.17) is 18.1 Å². The van der Waals surface area contributed by atoms with E-state index < -0.39 is 0 Å². The molecular weight excluding hydrogens is 200 g/mol. The first-order chi connectivity index (χ1) is 6.74. The van der Waals surface area contributed by atoms with Gasteiger partial charge in [0.25, 0.3) is 0 Å². The third kappa shape index (κ3) is 3.47. The number of hydrogen-bond donors (Lipinski definition) is 3. The maximum Gasteiger partial charge on any atom is 0.224 e. The predicted molar refractivity (Wildman–Crippen MR) is 58.4 cm³/mol. The smallest absolute Gasteiger partial charge is 0.224 e. The molecule has 4 N–H and O–H groups in total. The van der Waals surface area contributed by atoms with Crippen LogP contribution in [0, 0.1) is 0 Å². The first kappa shape index (κ1) is 11.2. The first-order valence-electron chi connectivity index (χ1n) is 4.76. The lowest BCUT2D eigenvalue weighted by Crippen LogP contribution is -2.41. The Kier molecular flexibility index (Phi) is 4.61. The number of likely N-dealkylation sites (tertiary alicyclic amines) is 1. The number of carbonyl (C=O) groups excluding carboxylic acids is 1. The van der Waals surface area contributed by atoms with Crippen molar-refractivity contribution in [2.75, 3.05) is 19.6 Å². The van der Waals surface area contributed by atoms with Gasteiger partial charge in [0.05, 0.1) is 0 Å². The monoisotopic (exact) mass is 216 g/mol. The summed E-state index contributed by atoms with van der Waals surface area (Å²) >= 11 is 4.77. The zero-order valence-corrected chi connectivity index (χ0v) is 8.90. The largest absolute Gasteiger partial charge is 0.361 e. The highest BCUT2D eigenvalue weighted by Crippen LogP contribution is 2.08. The Hall–Kier alpha value is -0.880. The van der Waals surface area contributed by atoms with Crippen molar-refractivity contribution in [2.45, 2.75) is 19.3 Å². The van der Waals surface area contributed by atoms with Crippen LogP contribution in [0.25, 0.3) is 0 Å².